The van der Waals surface area contributed by atoms with E-state index in [2.05, 4.69) is 22.4 Å². The molecule has 0 saturated heterocycles. The zero-order chi connectivity index (χ0) is 5.54. The lowest BCUT2D eigenvalue weighted by molar-refractivity contribution is 1.16. The Kier molecular flexibility index (Phi) is 6.28. The molecule has 0 bridgehead atoms. The summed E-state index contributed by atoms with van der Waals surface area (Å²) < 4.78 is 0. The number of rotatable bonds is 3. The van der Waals surface area contributed by atoms with Crippen LogP contribution in [0.1, 0.15) is 0 Å². The fraction of sp³-hybridized carbons (Fsp3) is 0.750. The van der Waals surface area contributed by atoms with Crippen molar-refractivity contribution >= 4 is 29.1 Å². The Hall–Kier alpha value is 0.150. The highest BCUT2D eigenvalue weighted by Gasteiger charge is 1.73. The van der Waals surface area contributed by atoms with Gasteiger partial charge in [0.2, 0.25) is 0 Å². The Balaban J connectivity index is 2.83. The van der Waals surface area contributed by atoms with E-state index in [0.717, 1.165) is 12.3 Å². The van der Waals surface area contributed by atoms with Crippen LogP contribution in [-0.4, -0.2) is 23.7 Å². The van der Waals surface area contributed by atoms with Gasteiger partial charge in [-0.05, 0) is 18.5 Å². The van der Waals surface area contributed by atoms with Crippen molar-refractivity contribution in [2.45, 2.75) is 0 Å². The molecule has 0 radical (unpaired) electrons. The molecule has 0 aromatic rings. The Morgan fingerprint density at radius 3 is 3.00 bits per heavy atom. The predicted octanol–water partition coefficient (Wildman–Crippen LogP) is 1.45. The standard InChI is InChI=1S/C4H7NS2/c1-7-3-2-5-4-6/h2-3H2,1H3. The van der Waals surface area contributed by atoms with Gasteiger partial charge in [-0.2, -0.15) is 11.8 Å². The fourth-order valence-corrected chi connectivity index (χ4v) is 0.548. The van der Waals surface area contributed by atoms with Gasteiger partial charge in [0, 0.05) is 5.75 Å². The minimum atomic E-state index is 0.810. The van der Waals surface area contributed by atoms with Crippen LogP contribution < -0.4 is 0 Å². The maximum Gasteiger partial charge on any atom is 0.0585 e. The molecule has 0 unspecified atom stereocenters. The topological polar surface area (TPSA) is 12.4 Å². The highest BCUT2D eigenvalue weighted by atomic mass is 32.2. The average Bonchev–Trinajstić information content (AvgIpc) is 1.69. The van der Waals surface area contributed by atoms with E-state index >= 15 is 0 Å². The first-order valence-corrected chi connectivity index (χ1v) is 3.74. The van der Waals surface area contributed by atoms with Crippen LogP contribution in [0.5, 0.6) is 0 Å². The number of thioether (sulfide) groups is 1. The van der Waals surface area contributed by atoms with Gasteiger partial charge in [0.1, 0.15) is 0 Å². The quantitative estimate of drug-likeness (QED) is 0.328. The van der Waals surface area contributed by atoms with E-state index in [9.17, 15) is 0 Å². The second-order valence-electron chi connectivity index (χ2n) is 0.966. The first-order chi connectivity index (χ1) is 3.41. The zero-order valence-corrected chi connectivity index (χ0v) is 5.81. The monoisotopic (exact) mass is 133 g/mol. The van der Waals surface area contributed by atoms with Crippen molar-refractivity contribution < 1.29 is 0 Å². The number of aliphatic imine (C=N–C) groups is 1. The number of thiocarbonyl (C=S) groups is 1. The predicted molar refractivity (Wildman–Crippen MR) is 38.3 cm³/mol. The first-order valence-electron chi connectivity index (χ1n) is 1.94. The van der Waals surface area contributed by atoms with Gasteiger partial charge in [-0.15, -0.1) is 0 Å². The number of hydrogen-bond acceptors (Lipinski definition) is 3. The molecule has 0 spiro atoms. The van der Waals surface area contributed by atoms with E-state index in [1.165, 1.54) is 0 Å². The van der Waals surface area contributed by atoms with Gasteiger partial charge < -0.3 is 0 Å². The van der Waals surface area contributed by atoms with Crippen molar-refractivity contribution in [1.29, 1.82) is 0 Å². The smallest absolute Gasteiger partial charge is 0.0585 e. The highest BCUT2D eigenvalue weighted by Crippen LogP contribution is 1.88. The molecular weight excluding hydrogens is 126 g/mol. The molecule has 7 heavy (non-hydrogen) atoms. The molecule has 0 fully saturated rings. The molecule has 0 amide bonds. The van der Waals surface area contributed by atoms with Gasteiger partial charge in [0.05, 0.1) is 11.7 Å². The van der Waals surface area contributed by atoms with Gasteiger partial charge in [-0.1, -0.05) is 0 Å². The molecule has 0 aromatic heterocycles. The van der Waals surface area contributed by atoms with Crippen LogP contribution in [0.3, 0.4) is 0 Å². The number of nitrogens with zero attached hydrogens (tertiary/aromatic N) is 1. The van der Waals surface area contributed by atoms with Crippen LogP contribution in [0, 0.1) is 0 Å². The molecule has 0 aliphatic heterocycles. The van der Waals surface area contributed by atoms with Crippen LogP contribution in [0.15, 0.2) is 4.99 Å². The normalized spacial score (nSPS) is 7.57. The summed E-state index contributed by atoms with van der Waals surface area (Å²) >= 11 is 6.10. The zero-order valence-electron chi connectivity index (χ0n) is 4.18. The molecule has 3 heteroatoms. The van der Waals surface area contributed by atoms with Gasteiger partial charge in [-0.3, -0.25) is 0 Å². The van der Waals surface area contributed by atoms with Gasteiger partial charge in [-0.25, -0.2) is 4.99 Å². The van der Waals surface area contributed by atoms with Gasteiger partial charge >= 0.3 is 0 Å². The summed E-state index contributed by atoms with van der Waals surface area (Å²) in [6, 6.07) is 0. The Morgan fingerprint density at radius 1 is 1.86 bits per heavy atom. The van der Waals surface area contributed by atoms with Crippen LogP contribution in [-0.2, 0) is 0 Å². The van der Waals surface area contributed by atoms with Crippen molar-refractivity contribution in [1.82, 2.24) is 0 Å². The molecule has 0 N–H and O–H groups in total. The first kappa shape index (κ1) is 7.15. The Morgan fingerprint density at radius 2 is 2.57 bits per heavy atom. The Bertz CT molecular complexity index is 75.8. The molecule has 0 atom stereocenters. The molecule has 1 nitrogen and oxygen atoms in total. The maximum atomic E-state index is 4.34. The van der Waals surface area contributed by atoms with Crippen molar-refractivity contribution in [3.63, 3.8) is 0 Å². The third-order valence-electron chi connectivity index (χ3n) is 0.472. The van der Waals surface area contributed by atoms with Crippen molar-refractivity contribution in [3.05, 3.63) is 0 Å². The molecule has 0 saturated carbocycles. The third kappa shape index (κ3) is 6.15. The lowest BCUT2D eigenvalue weighted by Gasteiger charge is -1.82. The van der Waals surface area contributed by atoms with E-state index in [1.807, 2.05) is 6.26 Å². The lowest BCUT2D eigenvalue weighted by Crippen LogP contribution is -1.79. The minimum absolute atomic E-state index is 0.810. The number of hydrogen-bond donors (Lipinski definition) is 0. The summed E-state index contributed by atoms with van der Waals surface area (Å²) in [6.07, 6.45) is 2.04. The number of isothiocyanates is 1. The van der Waals surface area contributed by atoms with E-state index in [-0.39, 0.29) is 0 Å². The Labute approximate surface area is 53.2 Å². The van der Waals surface area contributed by atoms with Crippen LogP contribution in [0.25, 0.3) is 0 Å². The molecule has 0 heterocycles. The van der Waals surface area contributed by atoms with Crippen LogP contribution in [0.4, 0.5) is 0 Å². The van der Waals surface area contributed by atoms with Crippen molar-refractivity contribution in [3.8, 4) is 0 Å². The van der Waals surface area contributed by atoms with E-state index in [0.29, 0.717) is 0 Å². The largest absolute Gasteiger partial charge is 0.232 e. The van der Waals surface area contributed by atoms with Crippen molar-refractivity contribution in [2.75, 3.05) is 18.6 Å². The minimum Gasteiger partial charge on any atom is -0.232 e. The SMILES string of the molecule is CSCCN=C=S. The van der Waals surface area contributed by atoms with E-state index in [4.69, 9.17) is 0 Å². The lowest BCUT2D eigenvalue weighted by atomic mass is 10.8. The van der Waals surface area contributed by atoms with E-state index in [1.54, 1.807) is 11.8 Å². The summed E-state index contributed by atoms with van der Waals surface area (Å²) in [5.74, 6) is 1.05. The molecule has 0 aliphatic carbocycles. The summed E-state index contributed by atoms with van der Waals surface area (Å²) in [5.41, 5.74) is 0. The second kappa shape index (κ2) is 6.15. The second-order valence-corrected chi connectivity index (χ2v) is 2.13. The van der Waals surface area contributed by atoms with Gasteiger partial charge in [0.25, 0.3) is 0 Å². The molecule has 0 aliphatic rings. The fourth-order valence-electron chi connectivity index (χ4n) is 0.183. The molecule has 0 rings (SSSR count). The summed E-state index contributed by atoms with van der Waals surface area (Å²) in [4.78, 5) is 3.71. The van der Waals surface area contributed by atoms with Crippen LogP contribution >= 0.6 is 24.0 Å². The third-order valence-corrected chi connectivity index (χ3v) is 1.19. The van der Waals surface area contributed by atoms with E-state index < -0.39 is 0 Å². The summed E-state index contributed by atoms with van der Waals surface area (Å²) in [5, 5.41) is 2.30. The van der Waals surface area contributed by atoms with Crippen LogP contribution in [0.2, 0.25) is 0 Å². The molecular formula is C4H7NS2. The summed E-state index contributed by atoms with van der Waals surface area (Å²) in [6.45, 7) is 0.810. The molecule has 40 valence electrons. The highest BCUT2D eigenvalue weighted by molar-refractivity contribution is 7.98. The van der Waals surface area contributed by atoms with Crippen molar-refractivity contribution in [2.24, 2.45) is 4.99 Å². The summed E-state index contributed by atoms with van der Waals surface area (Å²) in [7, 11) is 0. The maximum absolute atomic E-state index is 4.34. The average molecular weight is 133 g/mol. The molecule has 0 aromatic carbocycles. The van der Waals surface area contributed by atoms with Gasteiger partial charge in [0.15, 0.2) is 0 Å².